The molecule has 2 heterocycles. The Bertz CT molecular complexity index is 672. The van der Waals surface area contributed by atoms with Gasteiger partial charge in [-0.2, -0.15) is 0 Å². The fourth-order valence-electron chi connectivity index (χ4n) is 4.18. The van der Waals surface area contributed by atoms with E-state index >= 15 is 0 Å². The number of hydrogen-bond acceptors (Lipinski definition) is 4. The van der Waals surface area contributed by atoms with Crippen LogP contribution in [0.3, 0.4) is 0 Å². The summed E-state index contributed by atoms with van der Waals surface area (Å²) in [5.41, 5.74) is 0.858. The average molecular weight is 402 g/mol. The van der Waals surface area contributed by atoms with Crippen LogP contribution in [0.1, 0.15) is 45.2 Å². The zero-order chi connectivity index (χ0) is 20.9. The zero-order valence-electron chi connectivity index (χ0n) is 18.0. The molecule has 29 heavy (non-hydrogen) atoms. The summed E-state index contributed by atoms with van der Waals surface area (Å²) in [4.78, 5) is 29.6. The first kappa shape index (κ1) is 21.8. The van der Waals surface area contributed by atoms with Crippen molar-refractivity contribution in [2.45, 2.75) is 39.7 Å². The van der Waals surface area contributed by atoms with Gasteiger partial charge >= 0.3 is 0 Å². The SMILES string of the molecule is CC(C)(C)C(=O)N1CCC(C(=O)NCC(c2ccccc2)N2CCOCC2)CC1. The van der Waals surface area contributed by atoms with Crippen molar-refractivity contribution < 1.29 is 14.3 Å². The van der Waals surface area contributed by atoms with Crippen molar-refractivity contribution in [3.8, 4) is 0 Å². The highest BCUT2D eigenvalue weighted by Gasteiger charge is 2.33. The van der Waals surface area contributed by atoms with Gasteiger partial charge in [-0.1, -0.05) is 51.1 Å². The Morgan fingerprint density at radius 2 is 1.69 bits per heavy atom. The molecule has 2 fully saturated rings. The third-order valence-corrected chi connectivity index (χ3v) is 5.93. The molecule has 0 aromatic heterocycles. The lowest BCUT2D eigenvalue weighted by Gasteiger charge is -2.36. The molecule has 0 bridgehead atoms. The summed E-state index contributed by atoms with van der Waals surface area (Å²) in [5, 5.41) is 3.20. The molecule has 1 unspecified atom stereocenters. The first-order valence-electron chi connectivity index (χ1n) is 10.8. The van der Waals surface area contributed by atoms with Gasteiger partial charge in [-0.15, -0.1) is 0 Å². The molecule has 0 aliphatic carbocycles. The number of ether oxygens (including phenoxy) is 1. The van der Waals surface area contributed by atoms with Gasteiger partial charge in [0.05, 0.1) is 19.3 Å². The van der Waals surface area contributed by atoms with Gasteiger partial charge < -0.3 is 15.0 Å². The summed E-state index contributed by atoms with van der Waals surface area (Å²) >= 11 is 0. The molecule has 6 heteroatoms. The van der Waals surface area contributed by atoms with E-state index in [1.807, 2.05) is 43.9 Å². The molecule has 3 rings (SSSR count). The number of carbonyl (C=O) groups excluding carboxylic acids is 2. The van der Waals surface area contributed by atoms with E-state index in [4.69, 9.17) is 4.74 Å². The molecular formula is C23H35N3O3. The molecular weight excluding hydrogens is 366 g/mol. The topological polar surface area (TPSA) is 61.9 Å². The quantitative estimate of drug-likeness (QED) is 0.823. The molecule has 2 saturated heterocycles. The summed E-state index contributed by atoms with van der Waals surface area (Å²) in [7, 11) is 0. The highest BCUT2D eigenvalue weighted by molar-refractivity contribution is 5.82. The number of morpholine rings is 1. The second-order valence-corrected chi connectivity index (χ2v) is 9.14. The molecule has 2 amide bonds. The zero-order valence-corrected chi connectivity index (χ0v) is 18.0. The van der Waals surface area contributed by atoms with Gasteiger partial charge in [0.25, 0.3) is 0 Å². The smallest absolute Gasteiger partial charge is 0.227 e. The third-order valence-electron chi connectivity index (χ3n) is 5.93. The molecule has 0 spiro atoms. The largest absolute Gasteiger partial charge is 0.379 e. The van der Waals surface area contributed by atoms with Crippen LogP contribution >= 0.6 is 0 Å². The van der Waals surface area contributed by atoms with Gasteiger partial charge in [0.2, 0.25) is 11.8 Å². The van der Waals surface area contributed by atoms with E-state index in [0.717, 1.165) is 39.1 Å². The number of nitrogens with zero attached hydrogens (tertiary/aromatic N) is 2. The number of likely N-dealkylation sites (tertiary alicyclic amines) is 1. The van der Waals surface area contributed by atoms with Gasteiger partial charge in [-0.25, -0.2) is 0 Å². The number of carbonyl (C=O) groups is 2. The number of hydrogen-bond donors (Lipinski definition) is 1. The maximum Gasteiger partial charge on any atom is 0.227 e. The van der Waals surface area contributed by atoms with Crippen LogP contribution in [0.15, 0.2) is 30.3 Å². The van der Waals surface area contributed by atoms with Gasteiger partial charge in [0, 0.05) is 44.1 Å². The van der Waals surface area contributed by atoms with E-state index < -0.39 is 0 Å². The Balaban J connectivity index is 1.55. The molecule has 2 aliphatic heterocycles. The Kier molecular flexibility index (Phi) is 7.30. The monoisotopic (exact) mass is 401 g/mol. The summed E-state index contributed by atoms with van der Waals surface area (Å²) in [6, 6.07) is 10.5. The van der Waals surface area contributed by atoms with Crippen molar-refractivity contribution in [1.82, 2.24) is 15.1 Å². The first-order chi connectivity index (χ1) is 13.9. The molecule has 1 aromatic carbocycles. The minimum atomic E-state index is -0.365. The minimum Gasteiger partial charge on any atom is -0.379 e. The molecule has 1 atom stereocenters. The molecule has 0 radical (unpaired) electrons. The van der Waals surface area contributed by atoms with Crippen LogP contribution in [0.25, 0.3) is 0 Å². The third kappa shape index (κ3) is 5.80. The van der Waals surface area contributed by atoms with Gasteiger partial charge in [0.1, 0.15) is 0 Å². The Morgan fingerprint density at radius 3 is 2.28 bits per heavy atom. The fraction of sp³-hybridized carbons (Fsp3) is 0.652. The van der Waals surface area contributed by atoms with Crippen molar-refractivity contribution in [3.05, 3.63) is 35.9 Å². The van der Waals surface area contributed by atoms with Crippen LogP contribution in [0.5, 0.6) is 0 Å². The lowest BCUT2D eigenvalue weighted by molar-refractivity contribution is -0.142. The van der Waals surface area contributed by atoms with Crippen LogP contribution in [0, 0.1) is 11.3 Å². The maximum absolute atomic E-state index is 12.8. The normalized spacial score (nSPS) is 20.3. The molecule has 2 aliphatic rings. The molecule has 6 nitrogen and oxygen atoms in total. The van der Waals surface area contributed by atoms with E-state index in [1.165, 1.54) is 5.56 Å². The second-order valence-electron chi connectivity index (χ2n) is 9.14. The molecule has 1 aromatic rings. The first-order valence-corrected chi connectivity index (χ1v) is 10.8. The van der Waals surface area contributed by atoms with Crippen molar-refractivity contribution in [2.75, 3.05) is 45.9 Å². The van der Waals surface area contributed by atoms with Crippen molar-refractivity contribution in [1.29, 1.82) is 0 Å². The van der Waals surface area contributed by atoms with E-state index in [1.54, 1.807) is 0 Å². The summed E-state index contributed by atoms with van der Waals surface area (Å²) in [6.45, 7) is 11.0. The molecule has 160 valence electrons. The van der Waals surface area contributed by atoms with Crippen molar-refractivity contribution in [3.63, 3.8) is 0 Å². The summed E-state index contributed by atoms with van der Waals surface area (Å²) in [5.74, 6) is 0.273. The van der Waals surface area contributed by atoms with Gasteiger partial charge in [0.15, 0.2) is 0 Å². The lowest BCUT2D eigenvalue weighted by atomic mass is 9.90. The van der Waals surface area contributed by atoms with Crippen LogP contribution < -0.4 is 5.32 Å². The molecule has 0 saturated carbocycles. The highest BCUT2D eigenvalue weighted by atomic mass is 16.5. The number of rotatable bonds is 5. The standard InChI is InChI=1S/C23H35N3O3/c1-23(2,3)22(28)26-11-9-19(10-12-26)21(27)24-17-20(18-7-5-4-6-8-18)25-13-15-29-16-14-25/h4-8,19-20H,9-17H2,1-3H3,(H,24,27). The van der Waals surface area contributed by atoms with E-state index in [-0.39, 0.29) is 29.2 Å². The predicted molar refractivity (Wildman–Crippen MR) is 113 cm³/mol. The average Bonchev–Trinajstić information content (AvgIpc) is 2.74. The highest BCUT2D eigenvalue weighted by Crippen LogP contribution is 2.25. The van der Waals surface area contributed by atoms with E-state index in [0.29, 0.717) is 19.6 Å². The van der Waals surface area contributed by atoms with Crippen LogP contribution in [-0.4, -0.2) is 67.6 Å². The lowest BCUT2D eigenvalue weighted by Crippen LogP contribution is -2.48. The van der Waals surface area contributed by atoms with Crippen LogP contribution in [0.2, 0.25) is 0 Å². The number of benzene rings is 1. The summed E-state index contributed by atoms with van der Waals surface area (Å²) < 4.78 is 5.50. The molecule has 1 N–H and O–H groups in total. The van der Waals surface area contributed by atoms with Crippen molar-refractivity contribution in [2.24, 2.45) is 11.3 Å². The second kappa shape index (κ2) is 9.72. The van der Waals surface area contributed by atoms with E-state index in [9.17, 15) is 9.59 Å². The Labute approximate surface area is 174 Å². The number of piperidine rings is 1. The Hall–Kier alpha value is -1.92. The van der Waals surface area contributed by atoms with Crippen molar-refractivity contribution >= 4 is 11.8 Å². The van der Waals surface area contributed by atoms with Gasteiger partial charge in [-0.05, 0) is 18.4 Å². The number of nitrogens with one attached hydrogen (secondary N) is 1. The fourth-order valence-corrected chi connectivity index (χ4v) is 4.18. The van der Waals surface area contributed by atoms with Crippen LogP contribution in [-0.2, 0) is 14.3 Å². The predicted octanol–water partition coefficient (Wildman–Crippen LogP) is 2.46. The van der Waals surface area contributed by atoms with Gasteiger partial charge in [-0.3, -0.25) is 14.5 Å². The minimum absolute atomic E-state index is 0.0138. The maximum atomic E-state index is 12.8. The van der Waals surface area contributed by atoms with Crippen LogP contribution in [0.4, 0.5) is 0 Å². The number of amides is 2. The Morgan fingerprint density at radius 1 is 1.07 bits per heavy atom. The summed E-state index contributed by atoms with van der Waals surface area (Å²) in [6.07, 6.45) is 1.47. The van der Waals surface area contributed by atoms with E-state index in [2.05, 4.69) is 22.3 Å².